The third kappa shape index (κ3) is 1.94. The van der Waals surface area contributed by atoms with Crippen molar-refractivity contribution in [2.45, 2.75) is 26.2 Å². The first-order valence-electron chi connectivity index (χ1n) is 5.37. The van der Waals surface area contributed by atoms with Crippen molar-refractivity contribution in [3.05, 3.63) is 42.5 Å². The molecule has 0 atom stereocenters. The van der Waals surface area contributed by atoms with E-state index in [0.29, 0.717) is 0 Å². The fourth-order valence-electron chi connectivity index (χ4n) is 1.69. The Morgan fingerprint density at radius 1 is 1.12 bits per heavy atom. The van der Waals surface area contributed by atoms with Crippen LogP contribution < -0.4 is 5.73 Å². The van der Waals surface area contributed by atoms with Crippen LogP contribution in [0.1, 0.15) is 26.5 Å². The molecule has 0 spiro atoms. The predicted molar refractivity (Wildman–Crippen MR) is 66.7 cm³/mol. The maximum Gasteiger partial charge on any atom is 0.0994 e. The van der Waals surface area contributed by atoms with Crippen LogP contribution in [-0.2, 0) is 5.41 Å². The predicted octanol–water partition coefficient (Wildman–Crippen LogP) is 2.75. The summed E-state index contributed by atoms with van der Waals surface area (Å²) in [4.78, 5) is 4.22. The highest BCUT2D eigenvalue weighted by atomic mass is 15.1. The summed E-state index contributed by atoms with van der Waals surface area (Å²) in [7, 11) is 0. The Bertz CT molecular complexity index is 475. The van der Waals surface area contributed by atoms with E-state index in [1.54, 1.807) is 0 Å². The average molecular weight is 215 g/mol. The van der Waals surface area contributed by atoms with Crippen molar-refractivity contribution in [1.29, 1.82) is 0 Å². The van der Waals surface area contributed by atoms with E-state index in [1.165, 1.54) is 5.69 Å². The second kappa shape index (κ2) is 3.67. The van der Waals surface area contributed by atoms with Crippen LogP contribution in [0.15, 0.2) is 36.8 Å². The molecular weight excluding hydrogens is 198 g/mol. The Morgan fingerprint density at radius 2 is 1.75 bits per heavy atom. The minimum atomic E-state index is 0.0812. The number of nitrogens with two attached hydrogens (primary N) is 1. The molecule has 2 rings (SSSR count). The van der Waals surface area contributed by atoms with Gasteiger partial charge in [0.25, 0.3) is 0 Å². The lowest BCUT2D eigenvalue weighted by molar-refractivity contribution is 0.556. The van der Waals surface area contributed by atoms with Crippen LogP contribution in [0.2, 0.25) is 0 Å². The molecule has 0 saturated heterocycles. The van der Waals surface area contributed by atoms with E-state index in [9.17, 15) is 0 Å². The van der Waals surface area contributed by atoms with E-state index in [0.717, 1.165) is 11.4 Å². The van der Waals surface area contributed by atoms with Gasteiger partial charge in [-0.2, -0.15) is 0 Å². The molecule has 0 aliphatic rings. The summed E-state index contributed by atoms with van der Waals surface area (Å²) in [5.41, 5.74) is 8.83. The number of nitrogens with zero attached hydrogens (tertiary/aromatic N) is 2. The lowest BCUT2D eigenvalue weighted by Gasteiger charge is -2.20. The molecule has 84 valence electrons. The van der Waals surface area contributed by atoms with Crippen molar-refractivity contribution >= 4 is 5.69 Å². The Morgan fingerprint density at radius 3 is 2.31 bits per heavy atom. The molecule has 0 unspecified atom stereocenters. The van der Waals surface area contributed by atoms with Gasteiger partial charge < -0.3 is 10.3 Å². The third-order valence-electron chi connectivity index (χ3n) is 2.58. The number of nitrogen functional groups attached to an aromatic ring is 1. The lowest BCUT2D eigenvalue weighted by Crippen LogP contribution is -2.16. The van der Waals surface area contributed by atoms with Crippen LogP contribution in [0.5, 0.6) is 0 Å². The van der Waals surface area contributed by atoms with Crippen LogP contribution in [-0.4, -0.2) is 9.55 Å². The van der Waals surface area contributed by atoms with Gasteiger partial charge in [0.2, 0.25) is 0 Å². The SMILES string of the molecule is CC(C)(C)c1cncn1-c1ccc(N)cc1. The molecule has 2 N–H and O–H groups in total. The van der Waals surface area contributed by atoms with Crippen molar-refractivity contribution in [2.75, 3.05) is 5.73 Å². The number of aromatic nitrogens is 2. The quantitative estimate of drug-likeness (QED) is 0.743. The van der Waals surface area contributed by atoms with E-state index in [-0.39, 0.29) is 5.41 Å². The van der Waals surface area contributed by atoms with Gasteiger partial charge in [-0.25, -0.2) is 4.98 Å². The average Bonchev–Trinajstić information content (AvgIpc) is 2.66. The molecule has 0 saturated carbocycles. The van der Waals surface area contributed by atoms with Crippen molar-refractivity contribution in [1.82, 2.24) is 9.55 Å². The number of hydrogen-bond donors (Lipinski definition) is 1. The summed E-state index contributed by atoms with van der Waals surface area (Å²) in [6.07, 6.45) is 3.75. The largest absolute Gasteiger partial charge is 0.399 e. The molecule has 0 fully saturated rings. The Labute approximate surface area is 95.9 Å². The molecule has 16 heavy (non-hydrogen) atoms. The van der Waals surface area contributed by atoms with Gasteiger partial charge in [0.15, 0.2) is 0 Å². The zero-order valence-corrected chi connectivity index (χ0v) is 9.94. The molecule has 1 aromatic carbocycles. The summed E-state index contributed by atoms with van der Waals surface area (Å²) in [6, 6.07) is 7.82. The molecule has 0 amide bonds. The summed E-state index contributed by atoms with van der Waals surface area (Å²) in [6.45, 7) is 6.54. The van der Waals surface area contributed by atoms with Gasteiger partial charge in [-0.3, -0.25) is 0 Å². The zero-order chi connectivity index (χ0) is 11.8. The first-order valence-corrected chi connectivity index (χ1v) is 5.37. The van der Waals surface area contributed by atoms with E-state index < -0.39 is 0 Å². The van der Waals surface area contributed by atoms with E-state index >= 15 is 0 Å². The molecule has 0 aliphatic carbocycles. The maximum absolute atomic E-state index is 5.68. The van der Waals surface area contributed by atoms with E-state index in [2.05, 4.69) is 30.3 Å². The molecule has 1 aromatic heterocycles. The maximum atomic E-state index is 5.68. The molecule has 2 aromatic rings. The standard InChI is InChI=1S/C13H17N3/c1-13(2,3)12-8-15-9-16(12)11-6-4-10(14)5-7-11/h4-9H,14H2,1-3H3. The monoisotopic (exact) mass is 215 g/mol. The number of rotatable bonds is 1. The van der Waals surface area contributed by atoms with Crippen molar-refractivity contribution in [3.63, 3.8) is 0 Å². The molecule has 3 nitrogen and oxygen atoms in total. The second-order valence-corrected chi connectivity index (χ2v) is 4.99. The summed E-state index contributed by atoms with van der Waals surface area (Å²) in [5.74, 6) is 0. The fourth-order valence-corrected chi connectivity index (χ4v) is 1.69. The number of hydrogen-bond acceptors (Lipinski definition) is 2. The Balaban J connectivity index is 2.49. The van der Waals surface area contributed by atoms with Crippen LogP contribution in [0.25, 0.3) is 5.69 Å². The first-order chi connectivity index (χ1) is 7.48. The Kier molecular flexibility index (Phi) is 2.46. The van der Waals surface area contributed by atoms with Gasteiger partial charge >= 0.3 is 0 Å². The summed E-state index contributed by atoms with van der Waals surface area (Å²) >= 11 is 0. The highest BCUT2D eigenvalue weighted by molar-refractivity contribution is 5.46. The highest BCUT2D eigenvalue weighted by Crippen LogP contribution is 2.24. The fraction of sp³-hybridized carbons (Fsp3) is 0.308. The Hall–Kier alpha value is -1.77. The van der Waals surface area contributed by atoms with Crippen LogP contribution >= 0.6 is 0 Å². The number of benzene rings is 1. The molecule has 1 heterocycles. The molecule has 0 radical (unpaired) electrons. The zero-order valence-electron chi connectivity index (χ0n) is 9.94. The molecule has 0 aliphatic heterocycles. The lowest BCUT2D eigenvalue weighted by atomic mass is 9.92. The topological polar surface area (TPSA) is 43.8 Å². The van der Waals surface area contributed by atoms with Crippen molar-refractivity contribution < 1.29 is 0 Å². The summed E-state index contributed by atoms with van der Waals surface area (Å²) in [5, 5.41) is 0. The number of anilines is 1. The molecule has 3 heteroatoms. The third-order valence-corrected chi connectivity index (χ3v) is 2.58. The minimum absolute atomic E-state index is 0.0812. The second-order valence-electron chi connectivity index (χ2n) is 4.99. The van der Waals surface area contributed by atoms with Gasteiger partial charge in [-0.05, 0) is 24.3 Å². The van der Waals surface area contributed by atoms with Crippen molar-refractivity contribution in [2.24, 2.45) is 0 Å². The van der Waals surface area contributed by atoms with E-state index in [4.69, 9.17) is 5.73 Å². The van der Waals surface area contributed by atoms with Crippen LogP contribution in [0, 0.1) is 0 Å². The van der Waals surface area contributed by atoms with Crippen LogP contribution in [0.3, 0.4) is 0 Å². The summed E-state index contributed by atoms with van der Waals surface area (Å²) < 4.78 is 2.10. The van der Waals surface area contributed by atoms with Crippen molar-refractivity contribution in [3.8, 4) is 5.69 Å². The van der Waals surface area contributed by atoms with E-state index in [1.807, 2.05) is 36.8 Å². The number of imidazole rings is 1. The van der Waals surface area contributed by atoms with Gasteiger partial charge in [0.05, 0.1) is 6.33 Å². The smallest absolute Gasteiger partial charge is 0.0994 e. The van der Waals surface area contributed by atoms with Gasteiger partial charge in [-0.15, -0.1) is 0 Å². The van der Waals surface area contributed by atoms with Gasteiger partial charge in [-0.1, -0.05) is 20.8 Å². The highest BCUT2D eigenvalue weighted by Gasteiger charge is 2.18. The minimum Gasteiger partial charge on any atom is -0.399 e. The normalized spacial score (nSPS) is 11.7. The van der Waals surface area contributed by atoms with Gasteiger partial charge in [0, 0.05) is 28.7 Å². The molecular formula is C13H17N3. The van der Waals surface area contributed by atoms with Crippen LogP contribution in [0.4, 0.5) is 5.69 Å². The van der Waals surface area contributed by atoms with Gasteiger partial charge in [0.1, 0.15) is 0 Å². The molecule has 0 bridgehead atoms. The first kappa shape index (κ1) is 10.7.